The SMILES string of the molecule is CC(=O)C(=O)Nc1nn(Cc2ccc(F)cc2)cc1Br. The molecule has 0 unspecified atom stereocenters. The van der Waals surface area contributed by atoms with Gasteiger partial charge in [-0.1, -0.05) is 12.1 Å². The minimum Gasteiger partial charge on any atom is -0.302 e. The molecule has 0 saturated heterocycles. The number of aromatic nitrogens is 2. The highest BCUT2D eigenvalue weighted by atomic mass is 79.9. The minimum absolute atomic E-state index is 0.271. The van der Waals surface area contributed by atoms with Crippen molar-refractivity contribution in [3.05, 3.63) is 46.3 Å². The van der Waals surface area contributed by atoms with Gasteiger partial charge in [0.05, 0.1) is 11.0 Å². The second kappa shape index (κ2) is 5.96. The van der Waals surface area contributed by atoms with Crippen molar-refractivity contribution < 1.29 is 14.0 Å². The predicted octanol–water partition coefficient (Wildman–Crippen LogP) is 2.36. The Labute approximate surface area is 122 Å². The number of Topliss-reactive ketones (excluding diaryl/α,β-unsaturated/α-hetero) is 1. The van der Waals surface area contributed by atoms with E-state index in [1.54, 1.807) is 23.0 Å². The van der Waals surface area contributed by atoms with Crippen LogP contribution < -0.4 is 5.32 Å². The monoisotopic (exact) mass is 339 g/mol. The predicted molar refractivity (Wildman–Crippen MR) is 74.7 cm³/mol. The van der Waals surface area contributed by atoms with Gasteiger partial charge in [-0.25, -0.2) is 4.39 Å². The molecule has 0 aliphatic rings. The van der Waals surface area contributed by atoms with Gasteiger partial charge < -0.3 is 5.32 Å². The van der Waals surface area contributed by atoms with Crippen LogP contribution in [0.4, 0.5) is 10.2 Å². The van der Waals surface area contributed by atoms with Crippen LogP contribution in [0.25, 0.3) is 0 Å². The van der Waals surface area contributed by atoms with Crippen LogP contribution >= 0.6 is 15.9 Å². The van der Waals surface area contributed by atoms with Gasteiger partial charge in [-0.05, 0) is 33.6 Å². The van der Waals surface area contributed by atoms with Crippen molar-refractivity contribution in [2.45, 2.75) is 13.5 Å². The molecule has 104 valence electrons. The van der Waals surface area contributed by atoms with Crippen molar-refractivity contribution in [2.24, 2.45) is 0 Å². The highest BCUT2D eigenvalue weighted by Crippen LogP contribution is 2.20. The first-order valence-electron chi connectivity index (χ1n) is 5.75. The summed E-state index contributed by atoms with van der Waals surface area (Å²) in [7, 11) is 0. The third-order valence-electron chi connectivity index (χ3n) is 2.53. The molecule has 2 rings (SSSR count). The number of amides is 1. The van der Waals surface area contributed by atoms with Gasteiger partial charge in [0.25, 0.3) is 5.91 Å². The van der Waals surface area contributed by atoms with Crippen molar-refractivity contribution in [1.82, 2.24) is 9.78 Å². The van der Waals surface area contributed by atoms with E-state index >= 15 is 0 Å². The smallest absolute Gasteiger partial charge is 0.292 e. The van der Waals surface area contributed by atoms with Crippen molar-refractivity contribution in [2.75, 3.05) is 5.32 Å². The number of rotatable bonds is 4. The normalized spacial score (nSPS) is 10.3. The minimum atomic E-state index is -0.724. The molecule has 0 fully saturated rings. The number of ketones is 1. The van der Waals surface area contributed by atoms with E-state index in [9.17, 15) is 14.0 Å². The summed E-state index contributed by atoms with van der Waals surface area (Å²) in [5.74, 6) is -1.35. The van der Waals surface area contributed by atoms with Gasteiger partial charge in [0, 0.05) is 13.1 Å². The van der Waals surface area contributed by atoms with Crippen molar-refractivity contribution in [3.63, 3.8) is 0 Å². The first kappa shape index (κ1) is 14.4. The summed E-state index contributed by atoms with van der Waals surface area (Å²) in [6.45, 7) is 1.60. The molecule has 1 aromatic carbocycles. The lowest BCUT2D eigenvalue weighted by atomic mass is 10.2. The van der Waals surface area contributed by atoms with Crippen LogP contribution in [0.1, 0.15) is 12.5 Å². The molecule has 7 heteroatoms. The molecule has 5 nitrogen and oxygen atoms in total. The molecule has 0 aliphatic carbocycles. The van der Waals surface area contributed by atoms with Crippen LogP contribution in [0.2, 0.25) is 0 Å². The van der Waals surface area contributed by atoms with E-state index in [0.717, 1.165) is 5.56 Å². The number of carbonyl (C=O) groups excluding carboxylic acids is 2. The van der Waals surface area contributed by atoms with E-state index in [2.05, 4.69) is 26.3 Å². The van der Waals surface area contributed by atoms with Crippen LogP contribution in [0.5, 0.6) is 0 Å². The number of carbonyl (C=O) groups is 2. The van der Waals surface area contributed by atoms with Gasteiger partial charge in [0.2, 0.25) is 5.78 Å². The fourth-order valence-corrected chi connectivity index (χ4v) is 1.95. The maximum Gasteiger partial charge on any atom is 0.292 e. The highest BCUT2D eigenvalue weighted by molar-refractivity contribution is 9.10. The fraction of sp³-hybridized carbons (Fsp3) is 0.154. The Morgan fingerprint density at radius 1 is 1.35 bits per heavy atom. The maximum absolute atomic E-state index is 12.8. The molecule has 0 atom stereocenters. The standard InChI is InChI=1S/C13H11BrFN3O2/c1-8(19)13(20)16-12-11(14)7-18(17-12)6-9-2-4-10(15)5-3-9/h2-5,7H,6H2,1H3,(H,16,17,20). The van der Waals surface area contributed by atoms with E-state index in [4.69, 9.17) is 0 Å². The third kappa shape index (κ3) is 3.51. The van der Waals surface area contributed by atoms with Crippen molar-refractivity contribution in [3.8, 4) is 0 Å². The summed E-state index contributed by atoms with van der Waals surface area (Å²) in [6.07, 6.45) is 1.67. The lowest BCUT2D eigenvalue weighted by molar-refractivity contribution is -0.133. The molecule has 1 N–H and O–H groups in total. The van der Waals surface area contributed by atoms with Crippen molar-refractivity contribution in [1.29, 1.82) is 0 Å². The molecule has 2 aromatic rings. The Balaban J connectivity index is 2.12. The number of halogens is 2. The first-order valence-corrected chi connectivity index (χ1v) is 6.54. The summed E-state index contributed by atoms with van der Waals surface area (Å²) in [4.78, 5) is 22.2. The van der Waals surface area contributed by atoms with Crippen LogP contribution in [0.3, 0.4) is 0 Å². The van der Waals surface area contributed by atoms with E-state index < -0.39 is 11.7 Å². The summed E-state index contributed by atoms with van der Waals surface area (Å²) in [5.41, 5.74) is 0.867. The zero-order chi connectivity index (χ0) is 14.7. The number of hydrogen-bond acceptors (Lipinski definition) is 3. The van der Waals surface area contributed by atoms with E-state index in [1.165, 1.54) is 19.1 Å². The van der Waals surface area contributed by atoms with Crippen LogP contribution in [-0.2, 0) is 16.1 Å². The number of anilines is 1. The molecule has 0 spiro atoms. The molecular formula is C13H11BrFN3O2. The summed E-state index contributed by atoms with van der Waals surface area (Å²) in [6, 6.07) is 6.04. The lowest BCUT2D eigenvalue weighted by Crippen LogP contribution is -2.20. The summed E-state index contributed by atoms with van der Waals surface area (Å²) >= 11 is 3.25. The molecule has 0 bridgehead atoms. The number of nitrogens with zero attached hydrogens (tertiary/aromatic N) is 2. The Hall–Kier alpha value is -2.02. The summed E-state index contributed by atoms with van der Waals surface area (Å²) in [5, 5.41) is 6.54. The lowest BCUT2D eigenvalue weighted by Gasteiger charge is -2.02. The molecule has 0 saturated carbocycles. The molecule has 1 heterocycles. The molecule has 20 heavy (non-hydrogen) atoms. The van der Waals surface area contributed by atoms with E-state index in [0.29, 0.717) is 11.0 Å². The van der Waals surface area contributed by atoms with Crippen molar-refractivity contribution >= 4 is 33.4 Å². The quantitative estimate of drug-likeness (QED) is 0.869. The number of hydrogen-bond donors (Lipinski definition) is 1. The maximum atomic E-state index is 12.8. The first-order chi connectivity index (χ1) is 9.45. The second-order valence-corrected chi connectivity index (χ2v) is 5.01. The zero-order valence-electron chi connectivity index (χ0n) is 10.6. The van der Waals surface area contributed by atoms with E-state index in [-0.39, 0.29) is 11.6 Å². The van der Waals surface area contributed by atoms with E-state index in [1.807, 2.05) is 0 Å². The molecule has 1 amide bonds. The zero-order valence-corrected chi connectivity index (χ0v) is 12.1. The Morgan fingerprint density at radius 3 is 2.60 bits per heavy atom. The van der Waals surface area contributed by atoms with Gasteiger partial charge in [0.1, 0.15) is 5.82 Å². The third-order valence-corrected chi connectivity index (χ3v) is 3.11. The largest absolute Gasteiger partial charge is 0.302 e. The fourth-order valence-electron chi connectivity index (χ4n) is 1.54. The molecular weight excluding hydrogens is 329 g/mol. The Kier molecular flexibility index (Phi) is 4.29. The average molecular weight is 340 g/mol. The second-order valence-electron chi connectivity index (χ2n) is 4.16. The van der Waals surface area contributed by atoms with Gasteiger partial charge in [0.15, 0.2) is 5.82 Å². The van der Waals surface area contributed by atoms with Crippen LogP contribution in [0, 0.1) is 5.82 Å². The molecule has 0 aliphatic heterocycles. The van der Waals surface area contributed by atoms with Crippen LogP contribution in [-0.4, -0.2) is 21.5 Å². The number of nitrogens with one attached hydrogen (secondary N) is 1. The van der Waals surface area contributed by atoms with Gasteiger partial charge in [-0.2, -0.15) is 5.10 Å². The van der Waals surface area contributed by atoms with Gasteiger partial charge in [-0.15, -0.1) is 0 Å². The van der Waals surface area contributed by atoms with Gasteiger partial charge >= 0.3 is 0 Å². The van der Waals surface area contributed by atoms with Crippen LogP contribution in [0.15, 0.2) is 34.9 Å². The number of benzene rings is 1. The Bertz CT molecular complexity index is 652. The average Bonchev–Trinajstić information content (AvgIpc) is 2.72. The van der Waals surface area contributed by atoms with Gasteiger partial charge in [-0.3, -0.25) is 14.3 Å². The summed E-state index contributed by atoms with van der Waals surface area (Å²) < 4.78 is 14.9. The highest BCUT2D eigenvalue weighted by Gasteiger charge is 2.13. The topological polar surface area (TPSA) is 64.0 Å². The molecule has 0 radical (unpaired) electrons. The Morgan fingerprint density at radius 2 is 2.00 bits per heavy atom. The molecule has 1 aromatic heterocycles.